The summed E-state index contributed by atoms with van der Waals surface area (Å²) in [4.78, 5) is 0. The Kier molecular flexibility index (Phi) is 1.46. The fraction of sp³-hybridized carbons (Fsp3) is 1.00. The molecule has 0 aromatic heterocycles. The van der Waals surface area contributed by atoms with Gasteiger partial charge >= 0.3 is 0 Å². The molecule has 70 valence electrons. The van der Waals surface area contributed by atoms with Gasteiger partial charge in [-0.3, -0.25) is 0 Å². The Morgan fingerprint density at radius 2 is 1.58 bits per heavy atom. The van der Waals surface area contributed by atoms with Crippen molar-refractivity contribution < 1.29 is 4.39 Å². The summed E-state index contributed by atoms with van der Waals surface area (Å²) in [6.07, 6.45) is 2.25. The minimum atomic E-state index is -0.790. The molecular weight excluding hydrogens is 151 g/mol. The summed E-state index contributed by atoms with van der Waals surface area (Å²) >= 11 is 0. The number of rotatable bonds is 0. The quantitative estimate of drug-likeness (QED) is 0.522. The average molecular weight is 170 g/mol. The molecule has 2 saturated carbocycles. The first-order valence-corrected chi connectivity index (χ1v) is 5.02. The van der Waals surface area contributed by atoms with Gasteiger partial charge in [0.1, 0.15) is 5.67 Å². The maximum atomic E-state index is 13.5. The number of halogens is 1. The molecule has 0 aromatic carbocycles. The Morgan fingerprint density at radius 3 is 1.92 bits per heavy atom. The Morgan fingerprint density at radius 1 is 1.17 bits per heavy atom. The van der Waals surface area contributed by atoms with Crippen molar-refractivity contribution >= 4 is 0 Å². The smallest absolute Gasteiger partial charge is 0.114 e. The molecule has 0 N–H and O–H groups in total. The number of alkyl halides is 1. The molecule has 4 atom stereocenters. The second kappa shape index (κ2) is 2.05. The molecule has 1 heteroatoms. The van der Waals surface area contributed by atoms with E-state index < -0.39 is 5.67 Å². The van der Waals surface area contributed by atoms with Crippen molar-refractivity contribution in [1.29, 1.82) is 0 Å². The molecule has 2 fully saturated rings. The van der Waals surface area contributed by atoms with Crippen LogP contribution in [0.3, 0.4) is 0 Å². The van der Waals surface area contributed by atoms with E-state index in [1.54, 1.807) is 6.92 Å². The topological polar surface area (TPSA) is 0 Å². The van der Waals surface area contributed by atoms with Crippen molar-refractivity contribution in [2.45, 2.75) is 46.2 Å². The predicted molar refractivity (Wildman–Crippen MR) is 48.7 cm³/mol. The van der Waals surface area contributed by atoms with Gasteiger partial charge in [0.25, 0.3) is 0 Å². The lowest BCUT2D eigenvalue weighted by Gasteiger charge is -2.29. The minimum Gasteiger partial charge on any atom is -0.244 e. The lowest BCUT2D eigenvalue weighted by Crippen LogP contribution is -2.22. The summed E-state index contributed by atoms with van der Waals surface area (Å²) in [5.74, 6) is 1.57. The predicted octanol–water partition coefficient (Wildman–Crippen LogP) is 3.42. The summed E-state index contributed by atoms with van der Waals surface area (Å²) in [5, 5.41) is 0. The van der Waals surface area contributed by atoms with Crippen molar-refractivity contribution in [3.63, 3.8) is 0 Å². The molecular formula is C11H19F. The van der Waals surface area contributed by atoms with Gasteiger partial charge in [-0.1, -0.05) is 20.8 Å². The Bertz CT molecular complexity index is 186. The molecule has 0 nitrogen and oxygen atoms in total. The summed E-state index contributed by atoms with van der Waals surface area (Å²) in [6, 6.07) is 0. The highest BCUT2D eigenvalue weighted by Gasteiger charge is 2.67. The van der Waals surface area contributed by atoms with Gasteiger partial charge in [0, 0.05) is 0 Å². The molecule has 0 amide bonds. The highest BCUT2D eigenvalue weighted by atomic mass is 19.1. The SMILES string of the molecule is CC(C)(C)C1C[C@@H]2[C@H](C1)C2(C)F. The lowest BCUT2D eigenvalue weighted by atomic mass is 9.77. The largest absolute Gasteiger partial charge is 0.244 e. The maximum Gasteiger partial charge on any atom is 0.114 e. The molecule has 12 heavy (non-hydrogen) atoms. The Hall–Kier alpha value is -0.0700. The second-order valence-corrected chi connectivity index (χ2v) is 5.90. The zero-order valence-electron chi connectivity index (χ0n) is 8.52. The molecule has 0 bridgehead atoms. The van der Waals surface area contributed by atoms with Gasteiger partial charge in [-0.05, 0) is 42.9 Å². The number of hydrogen-bond acceptors (Lipinski definition) is 0. The van der Waals surface area contributed by atoms with Crippen LogP contribution in [0.1, 0.15) is 40.5 Å². The van der Waals surface area contributed by atoms with E-state index in [9.17, 15) is 4.39 Å². The van der Waals surface area contributed by atoms with Gasteiger partial charge in [0.15, 0.2) is 0 Å². The molecule has 2 unspecified atom stereocenters. The van der Waals surface area contributed by atoms with Crippen LogP contribution in [0.15, 0.2) is 0 Å². The average Bonchev–Trinajstić information content (AvgIpc) is 2.31. The van der Waals surface area contributed by atoms with Crippen LogP contribution in [0.4, 0.5) is 4.39 Å². The van der Waals surface area contributed by atoms with Gasteiger partial charge in [0.2, 0.25) is 0 Å². The van der Waals surface area contributed by atoms with Crippen molar-refractivity contribution in [3.05, 3.63) is 0 Å². The van der Waals surface area contributed by atoms with Gasteiger partial charge in [-0.15, -0.1) is 0 Å². The van der Waals surface area contributed by atoms with Crippen LogP contribution in [0, 0.1) is 23.2 Å². The Labute approximate surface area is 74.5 Å². The van der Waals surface area contributed by atoms with Crippen LogP contribution in [-0.4, -0.2) is 5.67 Å². The molecule has 2 aliphatic rings. The lowest BCUT2D eigenvalue weighted by molar-refractivity contribution is 0.171. The highest BCUT2D eigenvalue weighted by Crippen LogP contribution is 2.66. The summed E-state index contributed by atoms with van der Waals surface area (Å²) in [6.45, 7) is 8.61. The van der Waals surface area contributed by atoms with Crippen molar-refractivity contribution in [1.82, 2.24) is 0 Å². The third kappa shape index (κ3) is 1.02. The van der Waals surface area contributed by atoms with E-state index in [1.165, 1.54) is 0 Å². The van der Waals surface area contributed by atoms with E-state index in [-0.39, 0.29) is 0 Å². The van der Waals surface area contributed by atoms with Crippen molar-refractivity contribution in [2.24, 2.45) is 23.2 Å². The molecule has 0 aliphatic heterocycles. The van der Waals surface area contributed by atoms with Crippen LogP contribution in [0.5, 0.6) is 0 Å². The van der Waals surface area contributed by atoms with Crippen molar-refractivity contribution in [2.75, 3.05) is 0 Å². The van der Waals surface area contributed by atoms with Gasteiger partial charge < -0.3 is 0 Å². The van der Waals surface area contributed by atoms with Crippen LogP contribution >= 0.6 is 0 Å². The second-order valence-electron chi connectivity index (χ2n) is 5.90. The fourth-order valence-corrected chi connectivity index (χ4v) is 2.86. The first-order chi connectivity index (χ1) is 5.33. The maximum absolute atomic E-state index is 13.5. The molecule has 0 heterocycles. The molecule has 0 spiro atoms. The van der Waals surface area contributed by atoms with E-state index in [4.69, 9.17) is 0 Å². The van der Waals surface area contributed by atoms with Crippen LogP contribution in [0.2, 0.25) is 0 Å². The van der Waals surface area contributed by atoms with Gasteiger partial charge in [-0.25, -0.2) is 4.39 Å². The van der Waals surface area contributed by atoms with Crippen molar-refractivity contribution in [3.8, 4) is 0 Å². The summed E-state index contributed by atoms with van der Waals surface area (Å²) in [7, 11) is 0. The van der Waals surface area contributed by atoms with Gasteiger partial charge in [0.05, 0.1) is 0 Å². The van der Waals surface area contributed by atoms with E-state index in [0.717, 1.165) is 18.8 Å². The van der Waals surface area contributed by atoms with Crippen LogP contribution in [0.25, 0.3) is 0 Å². The number of hydrogen-bond donors (Lipinski definition) is 0. The van der Waals surface area contributed by atoms with E-state index in [0.29, 0.717) is 17.3 Å². The first-order valence-electron chi connectivity index (χ1n) is 5.02. The van der Waals surface area contributed by atoms with Gasteiger partial charge in [-0.2, -0.15) is 0 Å². The Balaban J connectivity index is 1.99. The normalized spacial score (nSPS) is 52.2. The third-order valence-electron chi connectivity index (χ3n) is 4.13. The van der Waals surface area contributed by atoms with E-state index >= 15 is 0 Å². The molecule has 0 radical (unpaired) electrons. The monoisotopic (exact) mass is 170 g/mol. The van der Waals surface area contributed by atoms with E-state index in [1.807, 2.05) is 0 Å². The molecule has 0 aromatic rings. The standard InChI is InChI=1S/C11H19F/c1-10(2,3)7-5-8-9(6-7)11(8,4)12/h7-9H,5-6H2,1-4H3/t7?,8-,9+,11?. The summed E-state index contributed by atoms with van der Waals surface area (Å²) < 4.78 is 13.5. The zero-order chi connectivity index (χ0) is 9.15. The third-order valence-corrected chi connectivity index (χ3v) is 4.13. The fourth-order valence-electron chi connectivity index (χ4n) is 2.86. The van der Waals surface area contributed by atoms with Crippen LogP contribution < -0.4 is 0 Å². The molecule has 2 aliphatic carbocycles. The van der Waals surface area contributed by atoms with Crippen LogP contribution in [-0.2, 0) is 0 Å². The minimum absolute atomic E-state index is 0.392. The summed E-state index contributed by atoms with van der Waals surface area (Å²) in [5.41, 5.74) is -0.398. The number of fused-ring (bicyclic) bond motifs is 1. The molecule has 2 rings (SSSR count). The molecule has 0 saturated heterocycles. The highest BCUT2D eigenvalue weighted by molar-refractivity contribution is 5.15. The van der Waals surface area contributed by atoms with E-state index in [2.05, 4.69) is 20.8 Å². The first kappa shape index (κ1) is 8.52. The zero-order valence-corrected chi connectivity index (χ0v) is 8.52.